The van der Waals surface area contributed by atoms with Gasteiger partial charge in [-0.25, -0.2) is 9.59 Å². The van der Waals surface area contributed by atoms with Crippen LogP contribution in [0, 0.1) is 0 Å². The molecule has 4 atom stereocenters. The monoisotopic (exact) mass is 332 g/mol. The van der Waals surface area contributed by atoms with E-state index in [1.165, 1.54) is 6.20 Å². The number of aliphatic hydroxyl groups excluding tert-OH is 2. The molecule has 10 heteroatoms. The second-order valence-corrected chi connectivity index (χ2v) is 5.72. The van der Waals surface area contributed by atoms with Gasteiger partial charge in [-0.1, -0.05) is 6.92 Å². The number of hydrogen-bond donors (Lipinski definition) is 3. The zero-order chi connectivity index (χ0) is 16.3. The van der Waals surface area contributed by atoms with Gasteiger partial charge in [0.2, 0.25) is 0 Å². The van der Waals surface area contributed by atoms with E-state index in [-0.39, 0.29) is 0 Å². The van der Waals surface area contributed by atoms with Crippen LogP contribution >= 0.6 is 11.8 Å². The number of H-pyrrole nitrogens is 1. The lowest BCUT2D eigenvalue weighted by Gasteiger charge is -2.21. The van der Waals surface area contributed by atoms with Crippen LogP contribution in [-0.2, 0) is 9.47 Å². The third kappa shape index (κ3) is 3.40. The van der Waals surface area contributed by atoms with Gasteiger partial charge in [0.25, 0.3) is 5.56 Å². The van der Waals surface area contributed by atoms with Crippen LogP contribution in [0.5, 0.6) is 0 Å². The van der Waals surface area contributed by atoms with Gasteiger partial charge in [-0.05, 0) is 11.8 Å². The van der Waals surface area contributed by atoms with Crippen LogP contribution in [0.1, 0.15) is 13.2 Å². The van der Waals surface area contributed by atoms with Crippen molar-refractivity contribution in [3.05, 3.63) is 33.1 Å². The van der Waals surface area contributed by atoms with Gasteiger partial charge >= 0.3 is 11.0 Å². The van der Waals surface area contributed by atoms with Crippen molar-refractivity contribution in [1.82, 2.24) is 9.55 Å². The number of ether oxygens (including phenoxy) is 2. The molecule has 1 aliphatic rings. The molecule has 2 rings (SSSR count). The molecule has 0 unspecified atom stereocenters. The average molecular weight is 332 g/mol. The lowest BCUT2D eigenvalue weighted by Crippen LogP contribution is -2.39. The maximum absolute atomic E-state index is 11.8. The first kappa shape index (κ1) is 16.7. The number of aromatic amines is 1. The van der Waals surface area contributed by atoms with E-state index in [9.17, 15) is 24.6 Å². The fraction of sp³-hybridized carbons (Fsp3) is 0.583. The Balaban J connectivity index is 2.31. The van der Waals surface area contributed by atoms with Crippen molar-refractivity contribution < 1.29 is 24.5 Å². The minimum atomic E-state index is -1.30. The van der Waals surface area contributed by atoms with Crippen molar-refractivity contribution in [1.29, 1.82) is 0 Å². The van der Waals surface area contributed by atoms with E-state index in [2.05, 4.69) is 0 Å². The number of nitrogens with one attached hydrogen (secondary N) is 1. The summed E-state index contributed by atoms with van der Waals surface area (Å²) in [5.41, 5.74) is -1.36. The highest BCUT2D eigenvalue weighted by atomic mass is 32.2. The van der Waals surface area contributed by atoms with Gasteiger partial charge in [-0.15, -0.1) is 0 Å². The molecule has 2 heterocycles. The summed E-state index contributed by atoms with van der Waals surface area (Å²) in [4.78, 5) is 36.6. The minimum Gasteiger partial charge on any atom is -0.447 e. The summed E-state index contributed by atoms with van der Waals surface area (Å²) in [5.74, 6) is 0.481. The molecule has 0 aliphatic carbocycles. The summed E-state index contributed by atoms with van der Waals surface area (Å²) in [6, 6.07) is 1.10. The van der Waals surface area contributed by atoms with Gasteiger partial charge < -0.3 is 19.7 Å². The Labute approximate surface area is 128 Å². The van der Waals surface area contributed by atoms with Crippen LogP contribution in [0.2, 0.25) is 0 Å². The van der Waals surface area contributed by atoms with E-state index >= 15 is 0 Å². The lowest BCUT2D eigenvalue weighted by atomic mass is 10.1. The average Bonchev–Trinajstić information content (AvgIpc) is 2.76. The van der Waals surface area contributed by atoms with Crippen LogP contribution in [0.4, 0.5) is 4.79 Å². The first-order chi connectivity index (χ1) is 10.5. The van der Waals surface area contributed by atoms with Crippen molar-refractivity contribution in [2.24, 2.45) is 0 Å². The van der Waals surface area contributed by atoms with Crippen LogP contribution in [0.3, 0.4) is 0 Å². The number of aromatic nitrogens is 2. The lowest BCUT2D eigenvalue weighted by molar-refractivity contribution is -0.0551. The Morgan fingerprint density at radius 1 is 1.55 bits per heavy atom. The maximum Gasteiger partial charge on any atom is 0.367 e. The van der Waals surface area contributed by atoms with E-state index in [0.29, 0.717) is 5.75 Å². The number of rotatable bonds is 4. The van der Waals surface area contributed by atoms with E-state index in [1.54, 1.807) is 6.92 Å². The van der Waals surface area contributed by atoms with Crippen molar-refractivity contribution in [3.63, 3.8) is 0 Å². The number of carbonyl (C=O) groups is 1. The molecule has 0 spiro atoms. The van der Waals surface area contributed by atoms with Crippen LogP contribution < -0.4 is 11.2 Å². The van der Waals surface area contributed by atoms with Crippen LogP contribution in [0.25, 0.3) is 0 Å². The van der Waals surface area contributed by atoms with Gasteiger partial charge in [-0.2, -0.15) is 0 Å². The Hall–Kier alpha value is -1.62. The van der Waals surface area contributed by atoms with Crippen LogP contribution in [-0.4, -0.2) is 55.7 Å². The summed E-state index contributed by atoms with van der Waals surface area (Å²) < 4.78 is 11.5. The van der Waals surface area contributed by atoms with Crippen molar-refractivity contribution in [3.8, 4) is 0 Å². The molecule has 0 aromatic carbocycles. The Bertz CT molecular complexity index is 643. The standard InChI is InChI=1S/C12H16N2O7S/c1-2-22-12(19)21-9-8(17)6(5-15)20-10(9)14-4-3-7(16)13-11(14)18/h3-4,6,8-10,15,17H,2,5H2,1H3,(H,13,16,18)/t6-,8-,9-,10-/m1/s1. The summed E-state index contributed by atoms with van der Waals surface area (Å²) in [5, 5.41) is 18.6. The van der Waals surface area contributed by atoms with Gasteiger partial charge in [0.05, 0.1) is 6.61 Å². The Morgan fingerprint density at radius 3 is 2.86 bits per heavy atom. The van der Waals surface area contributed by atoms with E-state index in [1.807, 2.05) is 4.98 Å². The fourth-order valence-electron chi connectivity index (χ4n) is 2.11. The molecule has 1 saturated heterocycles. The molecule has 122 valence electrons. The normalized spacial score (nSPS) is 27.8. The molecule has 0 amide bonds. The molecule has 3 N–H and O–H groups in total. The molecular formula is C12H16N2O7S. The number of aliphatic hydroxyl groups is 2. The molecule has 22 heavy (non-hydrogen) atoms. The first-order valence-corrected chi connectivity index (χ1v) is 7.55. The first-order valence-electron chi connectivity index (χ1n) is 6.57. The molecule has 1 aromatic heterocycles. The Kier molecular flexibility index (Phi) is 5.40. The zero-order valence-corrected chi connectivity index (χ0v) is 12.5. The minimum absolute atomic E-state index is 0.481. The summed E-state index contributed by atoms with van der Waals surface area (Å²) >= 11 is 0.897. The number of hydrogen-bond acceptors (Lipinski definition) is 8. The van der Waals surface area contributed by atoms with Gasteiger partial charge in [0.1, 0.15) is 12.2 Å². The van der Waals surface area contributed by atoms with Gasteiger partial charge in [0.15, 0.2) is 12.3 Å². The molecule has 0 radical (unpaired) electrons. The molecule has 9 nitrogen and oxygen atoms in total. The second-order valence-electron chi connectivity index (χ2n) is 4.52. The predicted octanol–water partition coefficient (Wildman–Crippen LogP) is -0.955. The highest BCUT2D eigenvalue weighted by molar-refractivity contribution is 8.13. The molecule has 1 aliphatic heterocycles. The van der Waals surface area contributed by atoms with Gasteiger partial charge in [0, 0.05) is 18.0 Å². The number of nitrogens with zero attached hydrogens (tertiary/aromatic N) is 1. The van der Waals surface area contributed by atoms with E-state index in [4.69, 9.17) is 9.47 Å². The third-order valence-electron chi connectivity index (χ3n) is 3.11. The maximum atomic E-state index is 11.8. The van der Waals surface area contributed by atoms with E-state index < -0.39 is 47.7 Å². The zero-order valence-electron chi connectivity index (χ0n) is 11.7. The van der Waals surface area contributed by atoms with Crippen molar-refractivity contribution >= 4 is 17.1 Å². The molecule has 0 bridgehead atoms. The smallest absolute Gasteiger partial charge is 0.367 e. The Morgan fingerprint density at radius 2 is 2.27 bits per heavy atom. The highest BCUT2D eigenvalue weighted by Gasteiger charge is 2.47. The largest absolute Gasteiger partial charge is 0.447 e. The second kappa shape index (κ2) is 7.09. The van der Waals surface area contributed by atoms with Crippen LogP contribution in [0.15, 0.2) is 21.9 Å². The summed E-state index contributed by atoms with van der Waals surface area (Å²) in [6.45, 7) is 1.25. The topological polar surface area (TPSA) is 131 Å². The predicted molar refractivity (Wildman–Crippen MR) is 76.7 cm³/mol. The highest BCUT2D eigenvalue weighted by Crippen LogP contribution is 2.31. The molecule has 0 saturated carbocycles. The number of thioether (sulfide) groups is 1. The third-order valence-corrected chi connectivity index (χ3v) is 3.73. The summed E-state index contributed by atoms with van der Waals surface area (Å²) in [7, 11) is 0. The van der Waals surface area contributed by atoms with Crippen molar-refractivity contribution in [2.75, 3.05) is 12.4 Å². The SMILES string of the molecule is CCSC(=O)O[C@@H]1[C@H](O)[C@@H](CO)O[C@H]1n1ccc(=O)[nH]c1=O. The van der Waals surface area contributed by atoms with E-state index in [0.717, 1.165) is 22.4 Å². The van der Waals surface area contributed by atoms with Crippen molar-refractivity contribution in [2.45, 2.75) is 31.5 Å². The molecule has 1 aromatic rings. The summed E-state index contributed by atoms with van der Waals surface area (Å²) in [6.07, 6.45) is -3.44. The molecule has 1 fully saturated rings. The van der Waals surface area contributed by atoms with Gasteiger partial charge in [-0.3, -0.25) is 14.3 Å². The fourth-order valence-corrected chi connectivity index (χ4v) is 2.53. The quantitative estimate of drug-likeness (QED) is 0.601. The molecular weight excluding hydrogens is 316 g/mol. The number of carbonyl (C=O) groups excluding carboxylic acids is 1.